The van der Waals surface area contributed by atoms with Gasteiger partial charge in [0, 0.05) is 39.4 Å². The number of carbonyl (C=O) groups excluding carboxylic acids is 1. The predicted octanol–water partition coefficient (Wildman–Crippen LogP) is 4.75. The second-order valence-electron chi connectivity index (χ2n) is 10.1. The quantitative estimate of drug-likeness (QED) is 0.183. The summed E-state index contributed by atoms with van der Waals surface area (Å²) < 4.78 is 11.2. The molecule has 2 amide bonds. The van der Waals surface area contributed by atoms with E-state index in [0.29, 0.717) is 30.5 Å². The van der Waals surface area contributed by atoms with Crippen molar-refractivity contribution in [2.75, 3.05) is 60.6 Å². The van der Waals surface area contributed by atoms with Crippen LogP contribution in [0.2, 0.25) is 0 Å². The van der Waals surface area contributed by atoms with Gasteiger partial charge in [-0.3, -0.25) is 5.32 Å². The Balaban J connectivity index is 2.25. The number of hydrogen-bond donors (Lipinski definition) is 2. The van der Waals surface area contributed by atoms with Crippen molar-refractivity contribution in [1.82, 2.24) is 20.4 Å². The minimum Gasteiger partial charge on any atom is -0.494 e. The molecule has 1 aliphatic rings. The largest absolute Gasteiger partial charge is 0.494 e. The van der Waals surface area contributed by atoms with Gasteiger partial charge in [0.25, 0.3) is 0 Å². The molecule has 8 nitrogen and oxygen atoms in total. The summed E-state index contributed by atoms with van der Waals surface area (Å²) in [5.41, 5.74) is 3.75. The van der Waals surface area contributed by atoms with E-state index in [1.807, 2.05) is 50.3 Å². The van der Waals surface area contributed by atoms with Gasteiger partial charge < -0.3 is 24.6 Å². The van der Waals surface area contributed by atoms with Gasteiger partial charge in [0.15, 0.2) is 0 Å². The third-order valence-electron chi connectivity index (χ3n) is 6.65. The highest BCUT2D eigenvalue weighted by atomic mass is 16.5. The Kier molecular flexibility index (Phi) is 11.9. The van der Waals surface area contributed by atoms with Crippen molar-refractivity contribution in [3.8, 4) is 5.75 Å². The molecule has 1 aromatic carbocycles. The van der Waals surface area contributed by atoms with Gasteiger partial charge in [0.05, 0.1) is 20.3 Å². The number of hydrogen-bond acceptors (Lipinski definition) is 6. The van der Waals surface area contributed by atoms with Gasteiger partial charge in [-0.25, -0.2) is 9.79 Å². The fourth-order valence-corrected chi connectivity index (χ4v) is 4.06. The molecule has 204 valence electrons. The van der Waals surface area contributed by atoms with E-state index in [4.69, 9.17) is 14.5 Å². The number of aliphatic imine (C=N–C) groups is 1. The molecule has 1 aromatic rings. The van der Waals surface area contributed by atoms with Crippen molar-refractivity contribution in [2.45, 2.75) is 33.6 Å². The zero-order valence-corrected chi connectivity index (χ0v) is 23.5. The van der Waals surface area contributed by atoms with Crippen molar-refractivity contribution >= 4 is 23.1 Å². The van der Waals surface area contributed by atoms with Gasteiger partial charge >= 0.3 is 6.03 Å². The van der Waals surface area contributed by atoms with E-state index >= 15 is 0 Å². The Morgan fingerprint density at radius 2 is 1.92 bits per heavy atom. The summed E-state index contributed by atoms with van der Waals surface area (Å²) in [7, 11) is 5.53. The van der Waals surface area contributed by atoms with Crippen LogP contribution in [0.4, 0.5) is 10.5 Å². The molecule has 2 N–H and O–H groups in total. The number of benzene rings is 1. The topological polar surface area (TPSA) is 78.4 Å². The molecule has 1 aliphatic heterocycles. The fourth-order valence-electron chi connectivity index (χ4n) is 4.06. The molecule has 0 spiro atoms. The van der Waals surface area contributed by atoms with Gasteiger partial charge in [-0.1, -0.05) is 39.1 Å². The molecule has 1 saturated heterocycles. The van der Waals surface area contributed by atoms with Gasteiger partial charge in [-0.05, 0) is 61.1 Å². The van der Waals surface area contributed by atoms with E-state index in [-0.39, 0.29) is 11.4 Å². The number of carbonyl (C=O) groups is 1. The van der Waals surface area contributed by atoms with E-state index in [1.165, 1.54) is 0 Å². The van der Waals surface area contributed by atoms with Crippen LogP contribution in [-0.4, -0.2) is 82.3 Å². The number of piperidine rings is 1. The zero-order valence-electron chi connectivity index (χ0n) is 23.5. The SMILES string of the molecule is C=CC(=Nc1c(OC)ccc(/C(C=C)=C/N(C)CCOCCNC)c1C)NC(=O)N1CCC(C)(C)CC1. The second kappa shape index (κ2) is 14.6. The molecule has 1 fully saturated rings. The highest BCUT2D eigenvalue weighted by Gasteiger charge is 2.28. The average molecular weight is 512 g/mol. The maximum Gasteiger partial charge on any atom is 0.323 e. The molecule has 8 heteroatoms. The molecule has 0 radical (unpaired) electrons. The van der Waals surface area contributed by atoms with Crippen LogP contribution in [0.5, 0.6) is 5.75 Å². The van der Waals surface area contributed by atoms with Crippen LogP contribution >= 0.6 is 0 Å². The number of urea groups is 1. The molecule has 0 unspecified atom stereocenters. The molecule has 2 rings (SSSR count). The van der Waals surface area contributed by atoms with Crippen LogP contribution in [0.25, 0.3) is 5.57 Å². The van der Waals surface area contributed by atoms with Crippen LogP contribution in [-0.2, 0) is 4.74 Å². The first kappa shape index (κ1) is 30.1. The summed E-state index contributed by atoms with van der Waals surface area (Å²) in [5.74, 6) is 0.998. The molecule has 0 aliphatic carbocycles. The van der Waals surface area contributed by atoms with Crippen molar-refractivity contribution in [2.24, 2.45) is 10.4 Å². The molecule has 0 bridgehead atoms. The first-order valence-electron chi connectivity index (χ1n) is 12.9. The minimum absolute atomic E-state index is 0.160. The Hall–Kier alpha value is -3.10. The van der Waals surface area contributed by atoms with Gasteiger partial charge in [-0.15, -0.1) is 0 Å². The summed E-state index contributed by atoms with van der Waals surface area (Å²) in [6.45, 7) is 18.7. The number of ether oxygens (including phenoxy) is 2. The lowest BCUT2D eigenvalue weighted by Gasteiger charge is -2.36. The highest BCUT2D eigenvalue weighted by molar-refractivity contribution is 6.05. The summed E-state index contributed by atoms with van der Waals surface area (Å²) in [6, 6.07) is 3.72. The summed E-state index contributed by atoms with van der Waals surface area (Å²) in [6.07, 6.45) is 7.38. The number of nitrogens with zero attached hydrogens (tertiary/aromatic N) is 3. The molecule has 0 atom stereocenters. The lowest BCUT2D eigenvalue weighted by molar-refractivity contribution is 0.124. The van der Waals surface area contributed by atoms with E-state index in [0.717, 1.165) is 55.7 Å². The summed E-state index contributed by atoms with van der Waals surface area (Å²) >= 11 is 0. The Labute approximate surface area is 223 Å². The van der Waals surface area contributed by atoms with Crippen molar-refractivity contribution < 1.29 is 14.3 Å². The van der Waals surface area contributed by atoms with Crippen LogP contribution in [0, 0.1) is 12.3 Å². The maximum absolute atomic E-state index is 12.9. The Morgan fingerprint density at radius 3 is 2.51 bits per heavy atom. The monoisotopic (exact) mass is 511 g/mol. The number of likely N-dealkylation sites (tertiary alicyclic amines) is 1. The predicted molar refractivity (Wildman–Crippen MR) is 154 cm³/mol. The Bertz CT molecular complexity index is 990. The normalized spacial score (nSPS) is 15.8. The third kappa shape index (κ3) is 9.05. The van der Waals surface area contributed by atoms with E-state index < -0.39 is 0 Å². The van der Waals surface area contributed by atoms with Gasteiger partial charge in [-0.2, -0.15) is 0 Å². The van der Waals surface area contributed by atoms with E-state index in [2.05, 4.69) is 42.5 Å². The van der Waals surface area contributed by atoms with Crippen LogP contribution in [0.15, 0.2) is 48.6 Å². The number of rotatable bonds is 12. The smallest absolute Gasteiger partial charge is 0.323 e. The van der Waals surface area contributed by atoms with E-state index in [9.17, 15) is 4.79 Å². The minimum atomic E-state index is -0.160. The van der Waals surface area contributed by atoms with Crippen LogP contribution in [0.1, 0.15) is 37.8 Å². The molecule has 0 saturated carbocycles. The number of methoxy groups -OCH3 is 1. The fraction of sp³-hybridized carbons (Fsp3) is 0.517. The maximum atomic E-state index is 12.9. The average Bonchev–Trinajstić information content (AvgIpc) is 2.87. The first-order chi connectivity index (χ1) is 17.6. The molecular formula is C29H45N5O3. The molecular weight excluding hydrogens is 466 g/mol. The summed E-state index contributed by atoms with van der Waals surface area (Å²) in [4.78, 5) is 21.6. The van der Waals surface area contributed by atoms with Crippen LogP contribution < -0.4 is 15.4 Å². The number of likely N-dealkylation sites (N-methyl/N-ethyl adjacent to an activating group) is 2. The van der Waals surface area contributed by atoms with Crippen molar-refractivity contribution in [1.29, 1.82) is 0 Å². The molecule has 0 aromatic heterocycles. The second-order valence-corrected chi connectivity index (χ2v) is 10.1. The Morgan fingerprint density at radius 1 is 1.22 bits per heavy atom. The standard InChI is InChI=1S/C29H45N5O3/c1-9-23(21-33(7)18-20-37-19-15-30-6)24-11-12-25(36-8)27(22(24)3)31-26(10-2)32-28(35)34-16-13-29(4,5)14-17-34/h9-12,21,30H,1-2,13-20H2,3-8H3,(H,31,32,35)/b23-21+. The van der Waals surface area contributed by atoms with Crippen molar-refractivity contribution in [3.05, 3.63) is 54.8 Å². The lowest BCUT2D eigenvalue weighted by atomic mass is 9.83. The third-order valence-corrected chi connectivity index (χ3v) is 6.65. The summed E-state index contributed by atoms with van der Waals surface area (Å²) in [5, 5.41) is 6.00. The van der Waals surface area contributed by atoms with Crippen LogP contribution in [0.3, 0.4) is 0 Å². The van der Waals surface area contributed by atoms with Crippen molar-refractivity contribution in [3.63, 3.8) is 0 Å². The number of amides is 2. The number of allylic oxidation sites excluding steroid dienone is 2. The van der Waals surface area contributed by atoms with E-state index in [1.54, 1.807) is 13.2 Å². The van der Waals surface area contributed by atoms with Gasteiger partial charge in [0.2, 0.25) is 0 Å². The number of nitrogens with one attached hydrogen (secondary N) is 2. The van der Waals surface area contributed by atoms with Gasteiger partial charge in [0.1, 0.15) is 17.3 Å². The molecule has 37 heavy (non-hydrogen) atoms. The lowest BCUT2D eigenvalue weighted by Crippen LogP contribution is -2.47. The molecule has 1 heterocycles. The first-order valence-corrected chi connectivity index (χ1v) is 12.9. The highest BCUT2D eigenvalue weighted by Crippen LogP contribution is 2.36. The zero-order chi connectivity index (χ0) is 27.4. The number of amidine groups is 1.